The molecule has 0 atom stereocenters. The molecule has 3 aromatic rings. The Kier molecular flexibility index (Phi) is 6.70. The largest absolute Gasteiger partial charge is 0.493 e. The molecule has 0 N–H and O–H groups in total. The van der Waals surface area contributed by atoms with E-state index in [0.717, 1.165) is 21.3 Å². The van der Waals surface area contributed by atoms with Gasteiger partial charge in [0, 0.05) is 16.9 Å². The lowest BCUT2D eigenvalue weighted by atomic mass is 10.1. The lowest BCUT2D eigenvalue weighted by Crippen LogP contribution is -2.27. The van der Waals surface area contributed by atoms with Crippen molar-refractivity contribution in [1.29, 1.82) is 0 Å². The van der Waals surface area contributed by atoms with Gasteiger partial charge < -0.3 is 9.47 Å². The third-order valence-electron chi connectivity index (χ3n) is 4.51. The molecule has 4 rings (SSSR count). The maximum atomic E-state index is 13.0. The highest BCUT2D eigenvalue weighted by atomic mass is 79.9. The number of carbonyl (C=O) groups excluding carboxylic acids is 1. The van der Waals surface area contributed by atoms with Crippen molar-refractivity contribution >= 4 is 61.9 Å². The molecule has 0 saturated carbocycles. The summed E-state index contributed by atoms with van der Waals surface area (Å²) in [5.41, 5.74) is 2.58. The number of benzene rings is 2. The maximum Gasteiger partial charge on any atom is 0.270 e. The summed E-state index contributed by atoms with van der Waals surface area (Å²) in [6.45, 7) is 0.407. The number of hydrogen-bond acceptors (Lipinski definition) is 6. The molecule has 0 bridgehead atoms. The fourth-order valence-corrected chi connectivity index (χ4v) is 4.53. The average molecular weight is 513 g/mol. The number of nitrogens with zero attached hydrogens (tertiary/aromatic N) is 2. The second kappa shape index (κ2) is 9.64. The Hall–Kier alpha value is -2.68. The zero-order chi connectivity index (χ0) is 21.8. The zero-order valence-electron chi connectivity index (χ0n) is 16.4. The molecule has 1 aliphatic heterocycles. The maximum absolute atomic E-state index is 13.0. The molecular weight excluding hydrogens is 496 g/mol. The van der Waals surface area contributed by atoms with Crippen LogP contribution in [0.2, 0.25) is 0 Å². The molecule has 1 saturated heterocycles. The highest BCUT2D eigenvalue weighted by Gasteiger charge is 2.33. The normalized spacial score (nSPS) is 14.9. The van der Waals surface area contributed by atoms with Crippen LogP contribution in [0.5, 0.6) is 11.5 Å². The minimum Gasteiger partial charge on any atom is -0.493 e. The van der Waals surface area contributed by atoms with Gasteiger partial charge in [0.1, 0.15) is 6.61 Å². The number of aromatic nitrogens is 1. The minimum atomic E-state index is -0.144. The van der Waals surface area contributed by atoms with E-state index in [1.165, 1.54) is 11.8 Å². The molecule has 31 heavy (non-hydrogen) atoms. The molecule has 0 aliphatic carbocycles. The van der Waals surface area contributed by atoms with Gasteiger partial charge in [0.25, 0.3) is 5.91 Å². The monoisotopic (exact) mass is 512 g/mol. The third kappa shape index (κ3) is 4.98. The standard InChI is InChI=1S/C23H17BrN2O3S2/c1-28-20-12-16(2-7-19(20)29-14-15-8-10-25-11-9-15)13-21-22(27)26(23(30)31-21)18-5-3-17(24)4-6-18/h2-13H,14H2,1H3/b21-13+. The summed E-state index contributed by atoms with van der Waals surface area (Å²) in [6, 6.07) is 16.8. The van der Waals surface area contributed by atoms with Gasteiger partial charge in [0.2, 0.25) is 0 Å². The van der Waals surface area contributed by atoms with Crippen LogP contribution in [0, 0.1) is 0 Å². The highest BCUT2D eigenvalue weighted by molar-refractivity contribution is 9.10. The lowest BCUT2D eigenvalue weighted by Gasteiger charge is -2.14. The first-order chi connectivity index (χ1) is 15.0. The van der Waals surface area contributed by atoms with Crippen molar-refractivity contribution in [3.05, 3.63) is 87.5 Å². The number of carbonyl (C=O) groups is 1. The van der Waals surface area contributed by atoms with Crippen LogP contribution in [0.3, 0.4) is 0 Å². The van der Waals surface area contributed by atoms with E-state index in [9.17, 15) is 4.79 Å². The van der Waals surface area contributed by atoms with E-state index in [4.69, 9.17) is 21.7 Å². The summed E-state index contributed by atoms with van der Waals surface area (Å²) in [7, 11) is 1.59. The molecule has 1 fully saturated rings. The van der Waals surface area contributed by atoms with Crippen molar-refractivity contribution in [2.75, 3.05) is 12.0 Å². The van der Waals surface area contributed by atoms with E-state index < -0.39 is 0 Å². The number of thiocarbonyl (C=S) groups is 1. The van der Waals surface area contributed by atoms with Crippen LogP contribution >= 0.6 is 39.9 Å². The topological polar surface area (TPSA) is 51.7 Å². The van der Waals surface area contributed by atoms with E-state index >= 15 is 0 Å². The number of thioether (sulfide) groups is 1. The Bertz CT molecular complexity index is 1150. The summed E-state index contributed by atoms with van der Waals surface area (Å²) in [4.78, 5) is 19.1. The van der Waals surface area contributed by atoms with Crippen molar-refractivity contribution in [3.63, 3.8) is 0 Å². The smallest absolute Gasteiger partial charge is 0.270 e. The number of rotatable bonds is 6. The summed E-state index contributed by atoms with van der Waals surface area (Å²) >= 11 is 10.1. The molecule has 5 nitrogen and oxygen atoms in total. The molecule has 8 heteroatoms. The molecule has 0 spiro atoms. The first-order valence-corrected chi connectivity index (χ1v) is 11.3. The van der Waals surface area contributed by atoms with Gasteiger partial charge in [-0.3, -0.25) is 14.7 Å². The van der Waals surface area contributed by atoms with E-state index in [1.54, 1.807) is 24.4 Å². The van der Waals surface area contributed by atoms with Gasteiger partial charge in [0.05, 0.1) is 17.7 Å². The molecule has 156 valence electrons. The van der Waals surface area contributed by atoms with Gasteiger partial charge in [0.15, 0.2) is 15.8 Å². The zero-order valence-corrected chi connectivity index (χ0v) is 19.7. The molecule has 1 aliphatic rings. The summed E-state index contributed by atoms with van der Waals surface area (Å²) in [6.07, 6.45) is 5.26. The summed E-state index contributed by atoms with van der Waals surface area (Å²) < 4.78 is 12.8. The van der Waals surface area contributed by atoms with E-state index in [1.807, 2.05) is 60.7 Å². The van der Waals surface area contributed by atoms with Crippen LogP contribution in [0.25, 0.3) is 6.08 Å². The summed E-state index contributed by atoms with van der Waals surface area (Å²) in [5, 5.41) is 0. The van der Waals surface area contributed by atoms with E-state index in [2.05, 4.69) is 20.9 Å². The van der Waals surface area contributed by atoms with Crippen molar-refractivity contribution in [2.45, 2.75) is 6.61 Å². The van der Waals surface area contributed by atoms with Gasteiger partial charge in [-0.1, -0.05) is 46.0 Å². The molecule has 1 amide bonds. The number of halogens is 1. The van der Waals surface area contributed by atoms with Gasteiger partial charge in [-0.2, -0.15) is 0 Å². The van der Waals surface area contributed by atoms with Crippen molar-refractivity contribution in [1.82, 2.24) is 4.98 Å². The molecule has 0 unspecified atom stereocenters. The van der Waals surface area contributed by atoms with Crippen molar-refractivity contribution in [3.8, 4) is 11.5 Å². The second-order valence-corrected chi connectivity index (χ2v) is 9.14. The second-order valence-electron chi connectivity index (χ2n) is 6.55. The highest BCUT2D eigenvalue weighted by Crippen LogP contribution is 2.37. The number of amides is 1. The van der Waals surface area contributed by atoms with Crippen LogP contribution in [-0.2, 0) is 11.4 Å². The van der Waals surface area contributed by atoms with Crippen LogP contribution in [-0.4, -0.2) is 22.3 Å². The Morgan fingerprint density at radius 1 is 1.10 bits per heavy atom. The molecule has 0 radical (unpaired) electrons. The van der Waals surface area contributed by atoms with Gasteiger partial charge in [-0.05, 0) is 65.7 Å². The molecule has 2 heterocycles. The van der Waals surface area contributed by atoms with Gasteiger partial charge in [-0.15, -0.1) is 0 Å². The van der Waals surface area contributed by atoms with E-state index in [0.29, 0.717) is 27.3 Å². The van der Waals surface area contributed by atoms with E-state index in [-0.39, 0.29) is 5.91 Å². The van der Waals surface area contributed by atoms with Crippen LogP contribution in [0.15, 0.2) is 76.4 Å². The fourth-order valence-electron chi connectivity index (χ4n) is 2.97. The minimum absolute atomic E-state index is 0.144. The molecule has 2 aromatic carbocycles. The van der Waals surface area contributed by atoms with Crippen LogP contribution < -0.4 is 14.4 Å². The predicted octanol–water partition coefficient (Wildman–Crippen LogP) is 5.84. The average Bonchev–Trinajstić information content (AvgIpc) is 3.07. The Labute approximate surface area is 198 Å². The van der Waals surface area contributed by atoms with Crippen LogP contribution in [0.1, 0.15) is 11.1 Å². The Morgan fingerprint density at radius 2 is 1.84 bits per heavy atom. The fraction of sp³-hybridized carbons (Fsp3) is 0.0870. The third-order valence-corrected chi connectivity index (χ3v) is 6.34. The number of methoxy groups -OCH3 is 1. The SMILES string of the molecule is COc1cc(/C=C2/SC(=S)N(c3ccc(Br)cc3)C2=O)ccc1OCc1ccncc1. The van der Waals surface area contributed by atoms with Crippen molar-refractivity contribution < 1.29 is 14.3 Å². The van der Waals surface area contributed by atoms with Crippen LogP contribution in [0.4, 0.5) is 5.69 Å². The number of pyridine rings is 1. The predicted molar refractivity (Wildman–Crippen MR) is 131 cm³/mol. The number of ether oxygens (including phenoxy) is 2. The lowest BCUT2D eigenvalue weighted by molar-refractivity contribution is -0.113. The number of hydrogen-bond donors (Lipinski definition) is 0. The van der Waals surface area contributed by atoms with Crippen molar-refractivity contribution in [2.24, 2.45) is 0 Å². The molecular formula is C23H17BrN2O3S2. The molecule has 1 aromatic heterocycles. The first kappa shape index (κ1) is 21.5. The summed E-state index contributed by atoms with van der Waals surface area (Å²) in [5.74, 6) is 1.07. The Morgan fingerprint density at radius 3 is 2.55 bits per heavy atom. The van der Waals surface area contributed by atoms with Gasteiger partial charge >= 0.3 is 0 Å². The quantitative estimate of drug-likeness (QED) is 0.305. The Balaban J connectivity index is 1.53. The van der Waals surface area contributed by atoms with Gasteiger partial charge in [-0.25, -0.2) is 0 Å². The first-order valence-electron chi connectivity index (χ1n) is 9.28. The number of anilines is 1.